The third-order valence-electron chi connectivity index (χ3n) is 3.94. The van der Waals surface area contributed by atoms with Crippen molar-refractivity contribution < 1.29 is 13.2 Å². The highest BCUT2D eigenvalue weighted by atomic mass is 32.2. The lowest BCUT2D eigenvalue weighted by Crippen LogP contribution is -2.45. The van der Waals surface area contributed by atoms with Crippen molar-refractivity contribution in [3.8, 4) is 0 Å². The molecule has 1 unspecified atom stereocenters. The van der Waals surface area contributed by atoms with Crippen LogP contribution in [0.1, 0.15) is 18.4 Å². The van der Waals surface area contributed by atoms with Gasteiger partial charge in [0.2, 0.25) is 15.9 Å². The predicted molar refractivity (Wildman–Crippen MR) is 84.7 cm³/mol. The molecule has 1 aromatic rings. The number of hydrogen-bond donors (Lipinski definition) is 2. The van der Waals surface area contributed by atoms with Gasteiger partial charge in [-0.1, -0.05) is 17.7 Å². The maximum atomic E-state index is 12.2. The number of piperidine rings is 1. The number of rotatable bonds is 5. The molecule has 0 aromatic heterocycles. The van der Waals surface area contributed by atoms with E-state index < -0.39 is 10.0 Å². The SMILES string of the molecule is Cc1ccc(S(=O)(=O)NCC2CCCN(C(=O)CN)C2)cc1. The molecule has 1 aromatic carbocycles. The van der Waals surface area contributed by atoms with Gasteiger partial charge in [-0.15, -0.1) is 0 Å². The number of benzene rings is 1. The summed E-state index contributed by atoms with van der Waals surface area (Å²) in [6.45, 7) is 3.52. The molecule has 0 radical (unpaired) electrons. The van der Waals surface area contributed by atoms with Gasteiger partial charge in [0.25, 0.3) is 0 Å². The first-order chi connectivity index (χ1) is 10.4. The first kappa shape index (κ1) is 16.9. The molecule has 1 aliphatic rings. The number of amides is 1. The molecule has 1 saturated heterocycles. The second kappa shape index (κ2) is 7.21. The van der Waals surface area contributed by atoms with Crippen LogP contribution >= 0.6 is 0 Å². The molecule has 0 bridgehead atoms. The van der Waals surface area contributed by atoms with Crippen molar-refractivity contribution in [2.24, 2.45) is 11.7 Å². The van der Waals surface area contributed by atoms with Crippen LogP contribution in [0, 0.1) is 12.8 Å². The summed E-state index contributed by atoms with van der Waals surface area (Å²) in [6.07, 6.45) is 1.79. The maximum absolute atomic E-state index is 12.2. The average Bonchev–Trinajstić information content (AvgIpc) is 2.53. The van der Waals surface area contributed by atoms with Crippen LogP contribution in [0.5, 0.6) is 0 Å². The Labute approximate surface area is 131 Å². The van der Waals surface area contributed by atoms with Gasteiger partial charge in [-0.3, -0.25) is 4.79 Å². The van der Waals surface area contributed by atoms with Gasteiger partial charge < -0.3 is 10.6 Å². The zero-order valence-electron chi connectivity index (χ0n) is 12.8. The zero-order valence-corrected chi connectivity index (χ0v) is 13.6. The second-order valence-corrected chi connectivity index (χ2v) is 7.48. The van der Waals surface area contributed by atoms with Crippen molar-refractivity contribution in [2.75, 3.05) is 26.2 Å². The highest BCUT2D eigenvalue weighted by molar-refractivity contribution is 7.89. The molecule has 1 atom stereocenters. The normalized spacial score (nSPS) is 19.2. The van der Waals surface area contributed by atoms with E-state index in [1.165, 1.54) is 0 Å². The Kier molecular flexibility index (Phi) is 5.55. The first-order valence-corrected chi connectivity index (χ1v) is 8.95. The number of carbonyl (C=O) groups is 1. The molecule has 1 aliphatic heterocycles. The van der Waals surface area contributed by atoms with Crippen LogP contribution in [0.25, 0.3) is 0 Å². The van der Waals surface area contributed by atoms with Gasteiger partial charge in [0.05, 0.1) is 11.4 Å². The number of likely N-dealkylation sites (tertiary alicyclic amines) is 1. The van der Waals surface area contributed by atoms with Gasteiger partial charge in [-0.2, -0.15) is 0 Å². The molecule has 122 valence electrons. The molecule has 0 aliphatic carbocycles. The van der Waals surface area contributed by atoms with Crippen LogP contribution in [-0.2, 0) is 14.8 Å². The minimum Gasteiger partial charge on any atom is -0.341 e. The number of sulfonamides is 1. The molecular weight excluding hydrogens is 302 g/mol. The lowest BCUT2D eigenvalue weighted by atomic mass is 9.98. The quantitative estimate of drug-likeness (QED) is 0.823. The van der Waals surface area contributed by atoms with E-state index >= 15 is 0 Å². The summed E-state index contributed by atoms with van der Waals surface area (Å²) in [6, 6.07) is 6.75. The lowest BCUT2D eigenvalue weighted by molar-refractivity contribution is -0.131. The van der Waals surface area contributed by atoms with Crippen LogP contribution in [0.4, 0.5) is 0 Å². The minimum atomic E-state index is -3.50. The van der Waals surface area contributed by atoms with E-state index in [4.69, 9.17) is 5.73 Å². The largest absolute Gasteiger partial charge is 0.341 e. The number of nitrogens with zero attached hydrogens (tertiary/aromatic N) is 1. The molecule has 3 N–H and O–H groups in total. The fourth-order valence-corrected chi connectivity index (χ4v) is 3.73. The Morgan fingerprint density at radius 1 is 1.36 bits per heavy atom. The van der Waals surface area contributed by atoms with Crippen molar-refractivity contribution in [2.45, 2.75) is 24.7 Å². The summed E-state index contributed by atoms with van der Waals surface area (Å²) in [4.78, 5) is 13.6. The van der Waals surface area contributed by atoms with E-state index in [9.17, 15) is 13.2 Å². The molecule has 1 heterocycles. The van der Waals surface area contributed by atoms with Gasteiger partial charge in [0, 0.05) is 19.6 Å². The molecule has 0 saturated carbocycles. The molecule has 1 amide bonds. The number of hydrogen-bond acceptors (Lipinski definition) is 4. The summed E-state index contributed by atoms with van der Waals surface area (Å²) in [5.74, 6) is 0.0514. The Bertz CT molecular complexity index is 613. The highest BCUT2D eigenvalue weighted by Gasteiger charge is 2.24. The zero-order chi connectivity index (χ0) is 16.2. The van der Waals surface area contributed by atoms with Gasteiger partial charge in [-0.05, 0) is 37.8 Å². The van der Waals surface area contributed by atoms with Crippen molar-refractivity contribution in [1.82, 2.24) is 9.62 Å². The van der Waals surface area contributed by atoms with Crippen LogP contribution in [0.3, 0.4) is 0 Å². The first-order valence-electron chi connectivity index (χ1n) is 7.46. The van der Waals surface area contributed by atoms with E-state index in [1.54, 1.807) is 29.2 Å². The summed E-state index contributed by atoms with van der Waals surface area (Å²) < 4.78 is 27.1. The van der Waals surface area contributed by atoms with Crippen molar-refractivity contribution in [1.29, 1.82) is 0 Å². The third kappa shape index (κ3) is 4.28. The number of carbonyl (C=O) groups excluding carboxylic acids is 1. The van der Waals surface area contributed by atoms with Crippen LogP contribution in [0.2, 0.25) is 0 Å². The van der Waals surface area contributed by atoms with Gasteiger partial charge in [0.1, 0.15) is 0 Å². The Balaban J connectivity index is 1.94. The van der Waals surface area contributed by atoms with Crippen molar-refractivity contribution in [3.05, 3.63) is 29.8 Å². The van der Waals surface area contributed by atoms with Crippen LogP contribution < -0.4 is 10.5 Å². The monoisotopic (exact) mass is 325 g/mol. The Hall–Kier alpha value is -1.44. The fourth-order valence-electron chi connectivity index (χ4n) is 2.62. The molecule has 6 nitrogen and oxygen atoms in total. The maximum Gasteiger partial charge on any atom is 0.240 e. The molecule has 0 spiro atoms. The van der Waals surface area contributed by atoms with Gasteiger partial charge >= 0.3 is 0 Å². The average molecular weight is 325 g/mol. The summed E-state index contributed by atoms with van der Waals surface area (Å²) in [5, 5.41) is 0. The fraction of sp³-hybridized carbons (Fsp3) is 0.533. The van der Waals surface area contributed by atoms with Crippen molar-refractivity contribution in [3.63, 3.8) is 0 Å². The number of nitrogens with two attached hydrogens (primary N) is 1. The molecule has 7 heteroatoms. The Morgan fingerprint density at radius 3 is 2.68 bits per heavy atom. The molecule has 2 rings (SSSR count). The van der Waals surface area contributed by atoms with E-state index in [0.717, 1.165) is 18.4 Å². The molecular formula is C15H23N3O3S. The summed E-state index contributed by atoms with van der Waals surface area (Å²) >= 11 is 0. The molecule has 1 fully saturated rings. The summed E-state index contributed by atoms with van der Waals surface area (Å²) in [5.41, 5.74) is 6.39. The van der Waals surface area contributed by atoms with E-state index in [0.29, 0.717) is 19.6 Å². The minimum absolute atomic E-state index is 0.00180. The third-order valence-corrected chi connectivity index (χ3v) is 5.38. The molecule has 22 heavy (non-hydrogen) atoms. The second-order valence-electron chi connectivity index (χ2n) is 5.72. The van der Waals surface area contributed by atoms with E-state index in [2.05, 4.69) is 4.72 Å². The smallest absolute Gasteiger partial charge is 0.240 e. The van der Waals surface area contributed by atoms with Crippen LogP contribution in [0.15, 0.2) is 29.2 Å². The highest BCUT2D eigenvalue weighted by Crippen LogP contribution is 2.17. The van der Waals surface area contributed by atoms with Crippen molar-refractivity contribution >= 4 is 15.9 Å². The topological polar surface area (TPSA) is 92.5 Å². The number of nitrogens with one attached hydrogen (secondary N) is 1. The van der Waals surface area contributed by atoms with Crippen LogP contribution in [-0.4, -0.2) is 45.4 Å². The Morgan fingerprint density at radius 2 is 2.05 bits per heavy atom. The predicted octanol–water partition coefficient (Wildman–Crippen LogP) is 0.471. The standard InChI is InChI=1S/C15H23N3O3S/c1-12-4-6-14(7-5-12)22(20,21)17-10-13-3-2-8-18(11-13)15(19)9-16/h4-7,13,17H,2-3,8-11,16H2,1H3. The van der Waals surface area contributed by atoms with Gasteiger partial charge in [-0.25, -0.2) is 13.1 Å². The van der Waals surface area contributed by atoms with Gasteiger partial charge in [0.15, 0.2) is 0 Å². The lowest BCUT2D eigenvalue weighted by Gasteiger charge is -2.32. The summed E-state index contributed by atoms with van der Waals surface area (Å²) in [7, 11) is -3.50. The van der Waals surface area contributed by atoms with E-state index in [-0.39, 0.29) is 23.3 Å². The number of aryl methyl sites for hydroxylation is 1. The van der Waals surface area contributed by atoms with E-state index in [1.807, 2.05) is 6.92 Å².